The Morgan fingerprint density at radius 2 is 1.91 bits per heavy atom. The number of hydrogen-bond acceptors (Lipinski definition) is 0. The molecule has 0 aliphatic rings. The Balaban J connectivity index is 2.93. The minimum absolute atomic E-state index is 0.448. The first-order valence-corrected chi connectivity index (χ1v) is 5.74. The van der Waals surface area contributed by atoms with E-state index in [0.717, 1.165) is 0 Å². The van der Waals surface area contributed by atoms with Crippen LogP contribution >= 0.6 is 0 Å². The van der Waals surface area contributed by atoms with E-state index in [2.05, 4.69) is 44.4 Å². The summed E-state index contributed by atoms with van der Waals surface area (Å²) >= 11 is 0. The SMILES string of the molecule is CC[S+](C)c1ccccc1C. The molecule has 0 fully saturated rings. The maximum absolute atomic E-state index is 2.31. The van der Waals surface area contributed by atoms with Crippen LogP contribution in [0.4, 0.5) is 0 Å². The molecule has 1 unspecified atom stereocenters. The first-order chi connectivity index (χ1) is 5.25. The second-order valence-corrected chi connectivity index (χ2v) is 4.98. The summed E-state index contributed by atoms with van der Waals surface area (Å²) < 4.78 is 0. The Morgan fingerprint density at radius 3 is 2.45 bits per heavy atom. The average Bonchev–Trinajstić information content (AvgIpc) is 2.04. The first kappa shape index (κ1) is 8.66. The van der Waals surface area contributed by atoms with E-state index in [-0.39, 0.29) is 0 Å². The van der Waals surface area contributed by atoms with Gasteiger partial charge in [0.15, 0.2) is 4.90 Å². The largest absolute Gasteiger partial charge is 0.157 e. The van der Waals surface area contributed by atoms with Crippen LogP contribution in [0.3, 0.4) is 0 Å². The van der Waals surface area contributed by atoms with Gasteiger partial charge in [0.1, 0.15) is 12.0 Å². The molecule has 0 radical (unpaired) electrons. The van der Waals surface area contributed by atoms with Gasteiger partial charge in [-0.2, -0.15) is 0 Å². The molecular formula is C10H15S+. The van der Waals surface area contributed by atoms with Crippen LogP contribution in [-0.4, -0.2) is 12.0 Å². The van der Waals surface area contributed by atoms with E-state index in [1.165, 1.54) is 16.2 Å². The van der Waals surface area contributed by atoms with Crippen molar-refractivity contribution in [3.05, 3.63) is 29.8 Å². The van der Waals surface area contributed by atoms with Crippen molar-refractivity contribution in [2.24, 2.45) is 0 Å². The molecule has 1 rings (SSSR count). The zero-order valence-corrected chi connectivity index (χ0v) is 8.24. The Labute approximate surface area is 72.0 Å². The van der Waals surface area contributed by atoms with E-state index in [4.69, 9.17) is 0 Å². The van der Waals surface area contributed by atoms with Gasteiger partial charge in [-0.05, 0) is 19.9 Å². The summed E-state index contributed by atoms with van der Waals surface area (Å²) in [6, 6.07) is 8.66. The molecule has 1 atom stereocenters. The molecular weight excluding hydrogens is 152 g/mol. The second-order valence-electron chi connectivity index (χ2n) is 2.69. The minimum Gasteiger partial charge on any atom is -0.0616 e. The monoisotopic (exact) mass is 167 g/mol. The minimum atomic E-state index is 0.448. The summed E-state index contributed by atoms with van der Waals surface area (Å²) in [5, 5.41) is 0. The van der Waals surface area contributed by atoms with Crippen LogP contribution in [0.5, 0.6) is 0 Å². The van der Waals surface area contributed by atoms with E-state index in [1.807, 2.05) is 0 Å². The van der Waals surface area contributed by atoms with Gasteiger partial charge in [-0.15, -0.1) is 0 Å². The van der Waals surface area contributed by atoms with E-state index >= 15 is 0 Å². The Bertz CT molecular complexity index is 230. The summed E-state index contributed by atoms with van der Waals surface area (Å²) in [6.45, 7) is 4.43. The van der Waals surface area contributed by atoms with Crippen molar-refractivity contribution in [1.29, 1.82) is 0 Å². The molecule has 1 aromatic carbocycles. The lowest BCUT2D eigenvalue weighted by Crippen LogP contribution is -2.03. The molecule has 1 aromatic rings. The van der Waals surface area contributed by atoms with E-state index in [0.29, 0.717) is 10.9 Å². The lowest BCUT2D eigenvalue weighted by molar-refractivity contribution is 1.28. The highest BCUT2D eigenvalue weighted by Crippen LogP contribution is 2.15. The third-order valence-electron chi connectivity index (χ3n) is 1.90. The molecule has 60 valence electrons. The van der Waals surface area contributed by atoms with E-state index in [9.17, 15) is 0 Å². The Morgan fingerprint density at radius 1 is 1.27 bits per heavy atom. The molecule has 0 spiro atoms. The first-order valence-electron chi connectivity index (χ1n) is 3.94. The maximum atomic E-state index is 2.31. The summed E-state index contributed by atoms with van der Waals surface area (Å²) in [4.78, 5) is 1.52. The molecule has 0 amide bonds. The summed E-state index contributed by atoms with van der Waals surface area (Å²) in [5.41, 5.74) is 1.43. The summed E-state index contributed by atoms with van der Waals surface area (Å²) in [5.74, 6) is 1.25. The van der Waals surface area contributed by atoms with Gasteiger partial charge in [-0.3, -0.25) is 0 Å². The number of aryl methyl sites for hydroxylation is 1. The average molecular weight is 167 g/mol. The molecule has 0 aliphatic carbocycles. The molecule has 0 saturated heterocycles. The second kappa shape index (κ2) is 3.82. The lowest BCUT2D eigenvalue weighted by atomic mass is 10.2. The zero-order valence-electron chi connectivity index (χ0n) is 7.42. The molecule has 0 aromatic heterocycles. The van der Waals surface area contributed by atoms with Gasteiger partial charge < -0.3 is 0 Å². The molecule has 0 heterocycles. The van der Waals surface area contributed by atoms with Crippen molar-refractivity contribution in [1.82, 2.24) is 0 Å². The van der Waals surface area contributed by atoms with Gasteiger partial charge in [0.25, 0.3) is 0 Å². The van der Waals surface area contributed by atoms with Gasteiger partial charge in [-0.25, -0.2) is 0 Å². The molecule has 11 heavy (non-hydrogen) atoms. The molecule has 0 bridgehead atoms. The van der Waals surface area contributed by atoms with Crippen LogP contribution in [0.25, 0.3) is 0 Å². The zero-order chi connectivity index (χ0) is 8.27. The van der Waals surface area contributed by atoms with Crippen LogP contribution in [0.15, 0.2) is 29.2 Å². The van der Waals surface area contributed by atoms with Gasteiger partial charge in [-0.1, -0.05) is 18.2 Å². The van der Waals surface area contributed by atoms with Crippen molar-refractivity contribution in [3.8, 4) is 0 Å². The van der Waals surface area contributed by atoms with Gasteiger partial charge in [0.2, 0.25) is 0 Å². The normalized spacial score (nSPS) is 13.0. The topological polar surface area (TPSA) is 0 Å². The van der Waals surface area contributed by atoms with Crippen molar-refractivity contribution >= 4 is 10.9 Å². The standard InChI is InChI=1S/C10H15S/c1-4-11(3)10-8-6-5-7-9(10)2/h5-8H,4H2,1-3H3/q+1. The van der Waals surface area contributed by atoms with Crippen molar-refractivity contribution in [3.63, 3.8) is 0 Å². The highest BCUT2D eigenvalue weighted by atomic mass is 32.2. The van der Waals surface area contributed by atoms with Crippen LogP contribution in [0.2, 0.25) is 0 Å². The predicted octanol–water partition coefficient (Wildman–Crippen LogP) is 2.62. The quantitative estimate of drug-likeness (QED) is 0.594. The Hall–Kier alpha value is -0.430. The third kappa shape index (κ3) is 2.00. The molecule has 0 aliphatic heterocycles. The summed E-state index contributed by atoms with van der Waals surface area (Å²) in [7, 11) is 0.448. The highest BCUT2D eigenvalue weighted by molar-refractivity contribution is 7.96. The number of benzene rings is 1. The van der Waals surface area contributed by atoms with Gasteiger partial charge in [0, 0.05) is 16.5 Å². The van der Waals surface area contributed by atoms with Gasteiger partial charge >= 0.3 is 0 Å². The van der Waals surface area contributed by atoms with E-state index in [1.54, 1.807) is 0 Å². The smallest absolute Gasteiger partial charge is 0.0616 e. The Kier molecular flexibility index (Phi) is 3.01. The molecule has 0 saturated carbocycles. The van der Waals surface area contributed by atoms with Crippen LogP contribution in [0, 0.1) is 6.92 Å². The fourth-order valence-electron chi connectivity index (χ4n) is 1.10. The van der Waals surface area contributed by atoms with Crippen LogP contribution in [0.1, 0.15) is 12.5 Å². The third-order valence-corrected chi connectivity index (χ3v) is 3.98. The predicted molar refractivity (Wildman–Crippen MR) is 53.3 cm³/mol. The number of hydrogen-bond donors (Lipinski definition) is 0. The molecule has 0 N–H and O–H groups in total. The summed E-state index contributed by atoms with van der Waals surface area (Å²) in [6.07, 6.45) is 2.31. The van der Waals surface area contributed by atoms with Gasteiger partial charge in [0.05, 0.1) is 0 Å². The van der Waals surface area contributed by atoms with Crippen molar-refractivity contribution in [2.45, 2.75) is 18.7 Å². The molecule has 1 heteroatoms. The highest BCUT2D eigenvalue weighted by Gasteiger charge is 2.13. The maximum Gasteiger partial charge on any atom is 0.157 e. The van der Waals surface area contributed by atoms with Crippen molar-refractivity contribution < 1.29 is 0 Å². The fraction of sp³-hybridized carbons (Fsp3) is 0.400. The molecule has 0 nitrogen and oxygen atoms in total. The lowest BCUT2D eigenvalue weighted by Gasteiger charge is -2.01. The van der Waals surface area contributed by atoms with Crippen LogP contribution < -0.4 is 0 Å². The number of rotatable bonds is 2. The van der Waals surface area contributed by atoms with Crippen LogP contribution in [-0.2, 0) is 10.9 Å². The fourth-order valence-corrected chi connectivity index (χ4v) is 2.34. The van der Waals surface area contributed by atoms with Crippen molar-refractivity contribution in [2.75, 3.05) is 12.0 Å². The van der Waals surface area contributed by atoms with E-state index < -0.39 is 0 Å².